The van der Waals surface area contributed by atoms with Gasteiger partial charge in [-0.2, -0.15) is 0 Å². The van der Waals surface area contributed by atoms with Gasteiger partial charge in [-0.15, -0.1) is 0 Å². The summed E-state index contributed by atoms with van der Waals surface area (Å²) in [5, 5.41) is 0. The number of benzene rings is 1. The molecule has 0 N–H and O–H groups in total. The molecule has 0 fully saturated rings. The molecule has 0 heterocycles. The van der Waals surface area contributed by atoms with E-state index in [2.05, 4.69) is 44.3 Å². The average molecular weight is 173 g/mol. The van der Waals surface area contributed by atoms with Gasteiger partial charge in [-0.05, 0) is 31.7 Å². The summed E-state index contributed by atoms with van der Waals surface area (Å²) in [6.07, 6.45) is 2.81. The normalized spacial score (nSPS) is 9.69. The molecule has 0 amide bonds. The molecule has 0 saturated carbocycles. The third-order valence-corrected chi connectivity index (χ3v) is 2.12. The molecular formula is C12H15N. The Kier molecular flexibility index (Phi) is 3.02. The van der Waals surface area contributed by atoms with Crippen LogP contribution in [-0.4, -0.2) is 6.72 Å². The fourth-order valence-corrected chi connectivity index (χ4v) is 1.50. The van der Waals surface area contributed by atoms with Gasteiger partial charge >= 0.3 is 0 Å². The fourth-order valence-electron chi connectivity index (χ4n) is 1.50. The Labute approximate surface area is 79.8 Å². The van der Waals surface area contributed by atoms with Gasteiger partial charge in [0.15, 0.2) is 0 Å². The molecule has 1 rings (SSSR count). The molecule has 0 radical (unpaired) electrons. The lowest BCUT2D eigenvalue weighted by Gasteiger charge is -2.08. The maximum absolute atomic E-state index is 4.03. The summed E-state index contributed by atoms with van der Waals surface area (Å²) >= 11 is 0. The highest BCUT2D eigenvalue weighted by Gasteiger charge is 2.03. The van der Waals surface area contributed by atoms with Gasteiger partial charge in [-0.3, -0.25) is 4.99 Å². The van der Waals surface area contributed by atoms with Gasteiger partial charge < -0.3 is 0 Å². The van der Waals surface area contributed by atoms with Crippen LogP contribution in [-0.2, 0) is 6.42 Å². The standard InChI is InChI=1S/C12H15N/c1-5-10-7-9(3)8-11(6-2)12(10)13-4/h5,7-8H,1,4,6H2,2-3H3. The van der Waals surface area contributed by atoms with E-state index >= 15 is 0 Å². The first-order chi connectivity index (χ1) is 6.22. The van der Waals surface area contributed by atoms with Gasteiger partial charge in [0.25, 0.3) is 0 Å². The Morgan fingerprint density at radius 2 is 2.15 bits per heavy atom. The second kappa shape index (κ2) is 4.04. The molecule has 0 saturated heterocycles. The van der Waals surface area contributed by atoms with Crippen LogP contribution in [0.5, 0.6) is 0 Å². The molecule has 0 atom stereocenters. The van der Waals surface area contributed by atoms with Crippen molar-refractivity contribution in [2.75, 3.05) is 0 Å². The Hall–Kier alpha value is -1.37. The molecule has 0 aromatic heterocycles. The second-order valence-corrected chi connectivity index (χ2v) is 3.08. The van der Waals surface area contributed by atoms with Crippen molar-refractivity contribution in [3.63, 3.8) is 0 Å². The van der Waals surface area contributed by atoms with Gasteiger partial charge in [0.1, 0.15) is 0 Å². The SMILES string of the molecule is C=Cc1cc(C)cc(CC)c1N=C. The van der Waals surface area contributed by atoms with Gasteiger partial charge in [-0.25, -0.2) is 0 Å². The van der Waals surface area contributed by atoms with Crippen LogP contribution < -0.4 is 0 Å². The molecule has 1 heteroatoms. The Balaban J connectivity index is 3.41. The number of rotatable bonds is 3. The Bertz CT molecular complexity index is 337. The maximum atomic E-state index is 4.03. The van der Waals surface area contributed by atoms with Crippen molar-refractivity contribution in [2.45, 2.75) is 20.3 Å². The summed E-state index contributed by atoms with van der Waals surface area (Å²) in [5.41, 5.74) is 4.54. The zero-order valence-corrected chi connectivity index (χ0v) is 8.30. The van der Waals surface area contributed by atoms with Gasteiger partial charge in [0.2, 0.25) is 0 Å². The summed E-state index contributed by atoms with van der Waals surface area (Å²) < 4.78 is 0. The van der Waals surface area contributed by atoms with E-state index in [9.17, 15) is 0 Å². The third-order valence-electron chi connectivity index (χ3n) is 2.12. The summed E-state index contributed by atoms with van der Waals surface area (Å²) in [7, 11) is 0. The molecule has 0 bridgehead atoms. The van der Waals surface area contributed by atoms with Crippen molar-refractivity contribution >= 4 is 18.5 Å². The highest BCUT2D eigenvalue weighted by molar-refractivity contribution is 5.69. The van der Waals surface area contributed by atoms with Crippen LogP contribution in [0.4, 0.5) is 5.69 Å². The zero-order chi connectivity index (χ0) is 9.84. The van der Waals surface area contributed by atoms with Crippen molar-refractivity contribution in [1.29, 1.82) is 0 Å². The molecular weight excluding hydrogens is 158 g/mol. The minimum atomic E-state index is 0.975. The highest BCUT2D eigenvalue weighted by atomic mass is 14.7. The van der Waals surface area contributed by atoms with E-state index in [4.69, 9.17) is 0 Å². The average Bonchev–Trinajstić information content (AvgIpc) is 2.16. The predicted molar refractivity (Wildman–Crippen MR) is 59.9 cm³/mol. The smallest absolute Gasteiger partial charge is 0.0726 e. The number of hydrogen-bond donors (Lipinski definition) is 0. The number of aliphatic imine (C=N–C) groups is 1. The molecule has 1 nitrogen and oxygen atoms in total. The summed E-state index contributed by atoms with van der Waals surface area (Å²) in [6.45, 7) is 11.6. The number of hydrogen-bond acceptors (Lipinski definition) is 1. The maximum Gasteiger partial charge on any atom is 0.0726 e. The molecule has 0 aliphatic rings. The fraction of sp³-hybridized carbons (Fsp3) is 0.250. The largest absolute Gasteiger partial charge is 0.264 e. The topological polar surface area (TPSA) is 12.4 Å². The molecule has 0 spiro atoms. The monoisotopic (exact) mass is 173 g/mol. The van der Waals surface area contributed by atoms with Gasteiger partial charge in [-0.1, -0.05) is 31.2 Å². The van der Waals surface area contributed by atoms with Crippen LogP contribution in [0.3, 0.4) is 0 Å². The molecule has 68 valence electrons. The summed E-state index contributed by atoms with van der Waals surface area (Å²) in [4.78, 5) is 4.03. The van der Waals surface area contributed by atoms with Crippen LogP contribution in [0.1, 0.15) is 23.6 Å². The zero-order valence-electron chi connectivity index (χ0n) is 8.30. The number of aryl methyl sites for hydroxylation is 2. The van der Waals surface area contributed by atoms with E-state index in [0.29, 0.717) is 0 Å². The molecule has 1 aromatic rings. The van der Waals surface area contributed by atoms with E-state index < -0.39 is 0 Å². The van der Waals surface area contributed by atoms with E-state index in [1.807, 2.05) is 6.08 Å². The molecule has 13 heavy (non-hydrogen) atoms. The summed E-state index contributed by atoms with van der Waals surface area (Å²) in [5.74, 6) is 0. The van der Waals surface area contributed by atoms with Crippen molar-refractivity contribution in [3.05, 3.63) is 35.4 Å². The second-order valence-electron chi connectivity index (χ2n) is 3.08. The van der Waals surface area contributed by atoms with Gasteiger partial charge in [0, 0.05) is 5.56 Å². The minimum Gasteiger partial charge on any atom is -0.264 e. The van der Waals surface area contributed by atoms with E-state index in [-0.39, 0.29) is 0 Å². The third kappa shape index (κ3) is 1.86. The quantitative estimate of drug-likeness (QED) is 0.620. The highest BCUT2D eigenvalue weighted by Crippen LogP contribution is 2.27. The number of nitrogens with zero attached hydrogens (tertiary/aromatic N) is 1. The van der Waals surface area contributed by atoms with Gasteiger partial charge in [0.05, 0.1) is 5.69 Å². The first-order valence-electron chi connectivity index (χ1n) is 4.45. The molecule has 0 aliphatic heterocycles. The van der Waals surface area contributed by atoms with Crippen molar-refractivity contribution in [2.24, 2.45) is 4.99 Å². The lowest BCUT2D eigenvalue weighted by Crippen LogP contribution is -1.87. The van der Waals surface area contributed by atoms with Crippen LogP contribution in [0.25, 0.3) is 6.08 Å². The van der Waals surface area contributed by atoms with Crippen LogP contribution in [0, 0.1) is 6.92 Å². The lowest BCUT2D eigenvalue weighted by molar-refractivity contribution is 1.12. The van der Waals surface area contributed by atoms with E-state index in [0.717, 1.165) is 17.7 Å². The van der Waals surface area contributed by atoms with Crippen molar-refractivity contribution < 1.29 is 0 Å². The van der Waals surface area contributed by atoms with Crippen LogP contribution >= 0.6 is 0 Å². The first-order valence-corrected chi connectivity index (χ1v) is 4.45. The first kappa shape index (κ1) is 9.72. The Morgan fingerprint density at radius 1 is 1.46 bits per heavy atom. The lowest BCUT2D eigenvalue weighted by atomic mass is 10.0. The summed E-state index contributed by atoms with van der Waals surface area (Å²) in [6, 6.07) is 4.23. The predicted octanol–water partition coefficient (Wildman–Crippen LogP) is 3.53. The van der Waals surface area contributed by atoms with Crippen LogP contribution in [0.2, 0.25) is 0 Å². The van der Waals surface area contributed by atoms with E-state index in [1.165, 1.54) is 11.1 Å². The Morgan fingerprint density at radius 3 is 2.62 bits per heavy atom. The minimum absolute atomic E-state index is 0.975. The van der Waals surface area contributed by atoms with E-state index in [1.54, 1.807) is 0 Å². The molecule has 1 aromatic carbocycles. The van der Waals surface area contributed by atoms with Crippen molar-refractivity contribution in [3.8, 4) is 0 Å². The molecule has 0 unspecified atom stereocenters. The van der Waals surface area contributed by atoms with Crippen molar-refractivity contribution in [1.82, 2.24) is 0 Å². The van der Waals surface area contributed by atoms with Crippen LogP contribution in [0.15, 0.2) is 23.7 Å². The molecule has 0 aliphatic carbocycles.